The number of nitrogens with zero attached hydrogens (tertiary/aromatic N) is 1. The van der Waals surface area contributed by atoms with Gasteiger partial charge in [0.15, 0.2) is 0 Å². The van der Waals surface area contributed by atoms with E-state index in [-0.39, 0.29) is 31.4 Å². The maximum Gasteiger partial charge on any atom is 0.336 e. The molecule has 1 aliphatic heterocycles. The third-order valence-corrected chi connectivity index (χ3v) is 5.97. The number of hydrogen-bond acceptors (Lipinski definition) is 4. The normalized spacial score (nSPS) is 15.9. The zero-order valence-electron chi connectivity index (χ0n) is 19.9. The molecule has 1 heterocycles. The second-order valence-corrected chi connectivity index (χ2v) is 8.28. The van der Waals surface area contributed by atoms with E-state index in [1.54, 1.807) is 56.3 Å². The van der Waals surface area contributed by atoms with Crippen molar-refractivity contribution in [2.24, 2.45) is 0 Å². The maximum absolute atomic E-state index is 14.6. The average molecular weight is 467 g/mol. The summed E-state index contributed by atoms with van der Waals surface area (Å²) in [5.74, 6) is -2.07. The molecule has 0 unspecified atom stereocenters. The molecule has 0 radical (unpaired) electrons. The summed E-state index contributed by atoms with van der Waals surface area (Å²) < 4.78 is 19.8. The number of nitrogens with one attached hydrogen (secondary N) is 1. The predicted molar refractivity (Wildman–Crippen MR) is 127 cm³/mol. The first-order valence-electron chi connectivity index (χ1n) is 11.7. The van der Waals surface area contributed by atoms with Crippen molar-refractivity contribution in [2.75, 3.05) is 13.2 Å². The van der Waals surface area contributed by atoms with E-state index in [2.05, 4.69) is 12.2 Å². The molecule has 0 saturated heterocycles. The summed E-state index contributed by atoms with van der Waals surface area (Å²) in [4.78, 5) is 39.7. The van der Waals surface area contributed by atoms with Gasteiger partial charge < -0.3 is 15.0 Å². The minimum atomic E-state index is -0.710. The van der Waals surface area contributed by atoms with Gasteiger partial charge in [0, 0.05) is 30.1 Å². The second-order valence-electron chi connectivity index (χ2n) is 8.28. The first-order valence-corrected chi connectivity index (χ1v) is 11.7. The van der Waals surface area contributed by atoms with E-state index >= 15 is 0 Å². The lowest BCUT2D eigenvalue weighted by Gasteiger charge is -2.34. The number of amides is 2. The average Bonchev–Trinajstić information content (AvgIpc) is 2.82. The molecule has 6 nitrogen and oxygen atoms in total. The summed E-state index contributed by atoms with van der Waals surface area (Å²) >= 11 is 0. The Bertz CT molecular complexity index is 1080. The number of carbonyl (C=O) groups excluding carboxylic acids is 3. The van der Waals surface area contributed by atoms with E-state index in [1.807, 2.05) is 0 Å². The minimum Gasteiger partial charge on any atom is -0.463 e. The Balaban J connectivity index is 1.87. The molecule has 180 valence electrons. The van der Waals surface area contributed by atoms with Crippen molar-refractivity contribution < 1.29 is 23.5 Å². The molecule has 1 aliphatic rings. The lowest BCUT2D eigenvalue weighted by atomic mass is 9.83. The van der Waals surface area contributed by atoms with Crippen LogP contribution in [0, 0.1) is 5.82 Å². The second kappa shape index (κ2) is 11.6. The van der Waals surface area contributed by atoms with Crippen LogP contribution in [0.3, 0.4) is 0 Å². The number of unbranched alkanes of at least 4 members (excludes halogenated alkanes) is 1. The summed E-state index contributed by atoms with van der Waals surface area (Å²) in [6.45, 7) is 6.49. The van der Waals surface area contributed by atoms with Gasteiger partial charge in [-0.25, -0.2) is 9.18 Å². The van der Waals surface area contributed by atoms with E-state index in [9.17, 15) is 18.8 Å². The molecular formula is C27H31FN2O4. The Morgan fingerprint density at radius 1 is 1.12 bits per heavy atom. The fraction of sp³-hybridized carbons (Fsp3) is 0.370. The van der Waals surface area contributed by atoms with E-state index in [0.717, 1.165) is 18.4 Å². The number of allylic oxidation sites excluding steroid dienone is 1. The van der Waals surface area contributed by atoms with Crippen LogP contribution < -0.4 is 5.32 Å². The van der Waals surface area contributed by atoms with Crippen LogP contribution in [0.25, 0.3) is 0 Å². The molecule has 2 aromatic carbocycles. The van der Waals surface area contributed by atoms with Crippen molar-refractivity contribution in [1.82, 2.24) is 10.2 Å². The molecule has 0 aliphatic carbocycles. The maximum atomic E-state index is 14.6. The summed E-state index contributed by atoms with van der Waals surface area (Å²) in [5, 5.41) is 2.88. The van der Waals surface area contributed by atoms with Gasteiger partial charge in [-0.3, -0.25) is 9.59 Å². The quantitative estimate of drug-likeness (QED) is 0.429. The SMILES string of the molecule is CCCCNC(=O)c1ccc(CN2C(=O)C[C@@H](c3ccccc3F)C(C(=O)OCC)=C2C)cc1. The largest absolute Gasteiger partial charge is 0.463 e. The Morgan fingerprint density at radius 2 is 1.82 bits per heavy atom. The predicted octanol–water partition coefficient (Wildman–Crippen LogP) is 4.71. The van der Waals surface area contributed by atoms with Crippen LogP contribution in [-0.4, -0.2) is 35.8 Å². The molecule has 34 heavy (non-hydrogen) atoms. The molecule has 0 bridgehead atoms. The van der Waals surface area contributed by atoms with E-state index in [1.165, 1.54) is 11.0 Å². The summed E-state index contributed by atoms with van der Waals surface area (Å²) in [6.07, 6.45) is 1.88. The molecule has 3 rings (SSSR count). The first-order chi connectivity index (χ1) is 16.4. The van der Waals surface area contributed by atoms with Crippen LogP contribution in [0.5, 0.6) is 0 Å². The number of benzene rings is 2. The zero-order chi connectivity index (χ0) is 24.7. The van der Waals surface area contributed by atoms with Gasteiger partial charge in [-0.15, -0.1) is 0 Å². The Morgan fingerprint density at radius 3 is 2.47 bits per heavy atom. The van der Waals surface area contributed by atoms with Gasteiger partial charge in [-0.2, -0.15) is 0 Å². The monoisotopic (exact) mass is 466 g/mol. The highest BCUT2D eigenvalue weighted by Gasteiger charge is 2.37. The van der Waals surface area contributed by atoms with Crippen LogP contribution in [-0.2, 0) is 20.9 Å². The number of carbonyl (C=O) groups is 3. The molecule has 2 amide bonds. The number of ether oxygens (including phenoxy) is 1. The molecule has 0 saturated carbocycles. The molecule has 0 fully saturated rings. The number of hydrogen-bond donors (Lipinski definition) is 1. The molecule has 0 spiro atoms. The fourth-order valence-electron chi connectivity index (χ4n) is 4.13. The van der Waals surface area contributed by atoms with E-state index in [0.29, 0.717) is 28.9 Å². The molecule has 1 atom stereocenters. The number of halogens is 1. The minimum absolute atomic E-state index is 0.0374. The number of rotatable bonds is 9. The van der Waals surface area contributed by atoms with Crippen LogP contribution in [0.15, 0.2) is 59.8 Å². The van der Waals surface area contributed by atoms with Crippen LogP contribution in [0.4, 0.5) is 4.39 Å². The van der Waals surface area contributed by atoms with Crippen molar-refractivity contribution >= 4 is 17.8 Å². The fourth-order valence-corrected chi connectivity index (χ4v) is 4.13. The Hall–Kier alpha value is -3.48. The highest BCUT2D eigenvalue weighted by Crippen LogP contribution is 2.38. The van der Waals surface area contributed by atoms with Crippen LogP contribution in [0.2, 0.25) is 0 Å². The third-order valence-electron chi connectivity index (χ3n) is 5.97. The smallest absolute Gasteiger partial charge is 0.336 e. The summed E-state index contributed by atoms with van der Waals surface area (Å²) in [6, 6.07) is 13.2. The number of esters is 1. The highest BCUT2D eigenvalue weighted by atomic mass is 19.1. The van der Waals surface area contributed by atoms with E-state index in [4.69, 9.17) is 4.74 Å². The molecule has 0 aromatic heterocycles. The first kappa shape index (κ1) is 25.1. The molecular weight excluding hydrogens is 435 g/mol. The van der Waals surface area contributed by atoms with Crippen molar-refractivity contribution in [1.29, 1.82) is 0 Å². The van der Waals surface area contributed by atoms with Gasteiger partial charge in [0.05, 0.1) is 18.7 Å². The highest BCUT2D eigenvalue weighted by molar-refractivity contribution is 5.96. The van der Waals surface area contributed by atoms with Gasteiger partial charge in [0.1, 0.15) is 5.82 Å². The summed E-state index contributed by atoms with van der Waals surface area (Å²) in [7, 11) is 0. The van der Waals surface area contributed by atoms with Gasteiger partial charge in [-0.05, 0) is 49.6 Å². The van der Waals surface area contributed by atoms with Crippen molar-refractivity contribution in [2.45, 2.75) is 52.5 Å². The van der Waals surface area contributed by atoms with Gasteiger partial charge in [-0.1, -0.05) is 43.7 Å². The Kier molecular flexibility index (Phi) is 8.57. The Labute approximate surface area is 199 Å². The van der Waals surface area contributed by atoms with Gasteiger partial charge in [0.25, 0.3) is 5.91 Å². The summed E-state index contributed by atoms with van der Waals surface area (Å²) in [5.41, 5.74) is 2.40. The third kappa shape index (κ3) is 5.71. The zero-order valence-corrected chi connectivity index (χ0v) is 19.9. The molecule has 2 aromatic rings. The van der Waals surface area contributed by atoms with Crippen LogP contribution in [0.1, 0.15) is 67.4 Å². The van der Waals surface area contributed by atoms with Gasteiger partial charge >= 0.3 is 5.97 Å². The molecule has 7 heteroatoms. The van der Waals surface area contributed by atoms with Gasteiger partial charge in [0.2, 0.25) is 5.91 Å². The topological polar surface area (TPSA) is 75.7 Å². The van der Waals surface area contributed by atoms with Crippen molar-refractivity contribution in [3.05, 3.63) is 82.3 Å². The lowest BCUT2D eigenvalue weighted by molar-refractivity contribution is -0.140. The van der Waals surface area contributed by atoms with E-state index < -0.39 is 17.7 Å². The molecule has 1 N–H and O–H groups in total. The van der Waals surface area contributed by atoms with Crippen molar-refractivity contribution in [3.8, 4) is 0 Å². The lowest BCUT2D eigenvalue weighted by Crippen LogP contribution is -2.38. The van der Waals surface area contributed by atoms with Crippen LogP contribution >= 0.6 is 0 Å². The standard InChI is InChI=1S/C27H31FN2O4/c1-4-6-15-29-26(32)20-13-11-19(12-14-20)17-30-18(3)25(27(33)34-5-2)22(16-24(30)31)21-9-7-8-10-23(21)28/h7-14,22H,4-6,15-17H2,1-3H3,(H,29,32)/t22-/m0/s1. The van der Waals surface area contributed by atoms with Crippen molar-refractivity contribution in [3.63, 3.8) is 0 Å².